The van der Waals surface area contributed by atoms with Crippen LogP contribution in [0, 0.1) is 0 Å². The number of aliphatic carboxylic acids is 1. The maximum absolute atomic E-state index is 10.6. The standard InChI is InChI=1S/C14H12O3.C6H13N.C3H8N2O2/c1-16-12-5-7-13(8-6-12)17-14-4-2-3-11(9-14)10-15;7-6-4-2-1-3-5-6;4-1-2(5)3(6)7/h2-10H,1H3;6H,1-5,7H2;2H,1,4-5H2,(H,6,7)/t;;2-/m..0/s1. The molecule has 1 aliphatic rings. The van der Waals surface area contributed by atoms with Crippen molar-refractivity contribution in [2.24, 2.45) is 17.2 Å². The minimum Gasteiger partial charge on any atom is -0.497 e. The largest absolute Gasteiger partial charge is 0.497 e. The molecule has 0 saturated heterocycles. The number of benzene rings is 2. The topological polar surface area (TPSA) is 151 Å². The van der Waals surface area contributed by atoms with E-state index in [1.165, 1.54) is 32.1 Å². The van der Waals surface area contributed by atoms with Crippen LogP contribution in [0.5, 0.6) is 17.2 Å². The zero-order valence-corrected chi connectivity index (χ0v) is 17.9. The molecule has 3 rings (SSSR count). The Kier molecular flexibility index (Phi) is 12.6. The number of ether oxygens (including phenoxy) is 2. The first-order valence-electron chi connectivity index (χ1n) is 10.2. The highest BCUT2D eigenvalue weighted by atomic mass is 16.5. The molecule has 0 unspecified atom stereocenters. The summed E-state index contributed by atoms with van der Waals surface area (Å²) in [7, 11) is 1.61. The molecule has 0 aromatic heterocycles. The smallest absolute Gasteiger partial charge is 0.321 e. The minimum atomic E-state index is -1.05. The molecule has 1 saturated carbocycles. The van der Waals surface area contributed by atoms with Crippen LogP contribution in [-0.2, 0) is 4.79 Å². The van der Waals surface area contributed by atoms with Gasteiger partial charge in [0.25, 0.3) is 0 Å². The molecule has 0 aliphatic heterocycles. The van der Waals surface area contributed by atoms with Crippen molar-refractivity contribution < 1.29 is 24.2 Å². The Labute approximate surface area is 183 Å². The summed E-state index contributed by atoms with van der Waals surface area (Å²) in [6.07, 6.45) is 7.46. The summed E-state index contributed by atoms with van der Waals surface area (Å²) < 4.78 is 10.7. The first kappa shape index (κ1) is 26.1. The summed E-state index contributed by atoms with van der Waals surface area (Å²) in [6.45, 7) is -0.00463. The fraction of sp³-hybridized carbons (Fsp3) is 0.391. The van der Waals surface area contributed by atoms with Crippen LogP contribution in [0.3, 0.4) is 0 Å². The molecule has 170 valence electrons. The van der Waals surface area contributed by atoms with Crippen molar-refractivity contribution >= 4 is 12.3 Å². The van der Waals surface area contributed by atoms with Gasteiger partial charge in [-0.15, -0.1) is 0 Å². The van der Waals surface area contributed by atoms with E-state index in [4.69, 9.17) is 31.8 Å². The van der Waals surface area contributed by atoms with Crippen LogP contribution in [0.25, 0.3) is 0 Å². The lowest BCUT2D eigenvalue weighted by Crippen LogP contribution is -2.37. The lowest BCUT2D eigenvalue weighted by atomic mass is 9.97. The molecule has 2 aromatic rings. The normalized spacial score (nSPS) is 14.1. The maximum atomic E-state index is 10.6. The van der Waals surface area contributed by atoms with Crippen LogP contribution in [0.4, 0.5) is 0 Å². The van der Waals surface area contributed by atoms with E-state index in [2.05, 4.69) is 0 Å². The number of hydrogen-bond acceptors (Lipinski definition) is 7. The molecule has 1 fully saturated rings. The molecule has 7 N–H and O–H groups in total. The average molecular weight is 432 g/mol. The molecule has 0 bridgehead atoms. The molecular formula is C23H33N3O5. The Morgan fingerprint density at radius 1 is 1.10 bits per heavy atom. The Morgan fingerprint density at radius 3 is 2.13 bits per heavy atom. The number of carboxylic acid groups (broad SMARTS) is 1. The predicted molar refractivity (Wildman–Crippen MR) is 121 cm³/mol. The van der Waals surface area contributed by atoms with Gasteiger partial charge in [-0.3, -0.25) is 9.59 Å². The first-order chi connectivity index (χ1) is 14.9. The van der Waals surface area contributed by atoms with Gasteiger partial charge in [-0.25, -0.2) is 0 Å². The van der Waals surface area contributed by atoms with E-state index in [1.54, 1.807) is 31.4 Å². The zero-order chi connectivity index (χ0) is 23.1. The van der Waals surface area contributed by atoms with E-state index in [9.17, 15) is 9.59 Å². The van der Waals surface area contributed by atoms with E-state index in [0.717, 1.165) is 12.0 Å². The molecular weight excluding hydrogens is 398 g/mol. The second kappa shape index (κ2) is 15.0. The summed E-state index contributed by atoms with van der Waals surface area (Å²) in [5.41, 5.74) is 16.0. The van der Waals surface area contributed by atoms with Gasteiger partial charge in [0.2, 0.25) is 0 Å². The van der Waals surface area contributed by atoms with E-state index in [1.807, 2.05) is 24.3 Å². The molecule has 2 aromatic carbocycles. The Bertz CT molecular complexity index is 777. The van der Waals surface area contributed by atoms with Gasteiger partial charge in [0.15, 0.2) is 0 Å². The molecule has 0 heterocycles. The van der Waals surface area contributed by atoms with Crippen molar-refractivity contribution in [1.29, 1.82) is 0 Å². The lowest BCUT2D eigenvalue weighted by Gasteiger charge is -2.15. The highest BCUT2D eigenvalue weighted by molar-refractivity contribution is 5.75. The Hall–Kier alpha value is -2.94. The van der Waals surface area contributed by atoms with Crippen molar-refractivity contribution in [3.8, 4) is 17.2 Å². The third kappa shape index (κ3) is 11.1. The van der Waals surface area contributed by atoms with Crippen LogP contribution < -0.4 is 26.7 Å². The maximum Gasteiger partial charge on any atom is 0.321 e. The van der Waals surface area contributed by atoms with Gasteiger partial charge in [0, 0.05) is 18.2 Å². The van der Waals surface area contributed by atoms with Crippen LogP contribution in [0.15, 0.2) is 48.5 Å². The molecule has 0 spiro atoms. The van der Waals surface area contributed by atoms with Gasteiger partial charge in [-0.05, 0) is 49.2 Å². The number of rotatable bonds is 6. The summed E-state index contributed by atoms with van der Waals surface area (Å²) in [5, 5.41) is 7.98. The first-order valence-corrected chi connectivity index (χ1v) is 10.2. The van der Waals surface area contributed by atoms with Gasteiger partial charge >= 0.3 is 5.97 Å². The predicted octanol–water partition coefficient (Wildman–Crippen LogP) is 2.93. The molecule has 8 heteroatoms. The number of carbonyl (C=O) groups is 2. The number of methoxy groups -OCH3 is 1. The van der Waals surface area contributed by atoms with E-state index in [-0.39, 0.29) is 6.54 Å². The molecule has 1 atom stereocenters. The van der Waals surface area contributed by atoms with Crippen molar-refractivity contribution in [1.82, 2.24) is 0 Å². The van der Waals surface area contributed by atoms with Gasteiger partial charge < -0.3 is 31.8 Å². The molecule has 0 amide bonds. The highest BCUT2D eigenvalue weighted by Gasteiger charge is 2.06. The fourth-order valence-electron chi connectivity index (χ4n) is 2.67. The van der Waals surface area contributed by atoms with Crippen LogP contribution >= 0.6 is 0 Å². The SMILES string of the molecule is COc1ccc(Oc2cccc(C=O)c2)cc1.NC1CCCCC1.NC[C@H](N)C(=O)O. The van der Waals surface area contributed by atoms with E-state index >= 15 is 0 Å². The van der Waals surface area contributed by atoms with Crippen LogP contribution in [0.2, 0.25) is 0 Å². The Morgan fingerprint density at radius 2 is 1.71 bits per heavy atom. The van der Waals surface area contributed by atoms with Crippen LogP contribution in [-0.4, -0.2) is 43.1 Å². The number of aldehydes is 1. The van der Waals surface area contributed by atoms with Gasteiger partial charge in [-0.1, -0.05) is 31.4 Å². The number of nitrogens with two attached hydrogens (primary N) is 3. The quantitative estimate of drug-likeness (QED) is 0.510. The van der Waals surface area contributed by atoms with Crippen molar-refractivity contribution in [3.63, 3.8) is 0 Å². The molecule has 1 aliphatic carbocycles. The second-order valence-corrected chi connectivity index (χ2v) is 7.05. The molecule has 31 heavy (non-hydrogen) atoms. The summed E-state index contributed by atoms with van der Waals surface area (Å²) in [4.78, 5) is 20.3. The number of hydrogen-bond donors (Lipinski definition) is 4. The zero-order valence-electron chi connectivity index (χ0n) is 17.9. The summed E-state index contributed by atoms with van der Waals surface area (Å²) in [5.74, 6) is 1.06. The molecule has 8 nitrogen and oxygen atoms in total. The number of carbonyl (C=O) groups excluding carboxylic acids is 1. The van der Waals surface area contributed by atoms with Crippen molar-refractivity contribution in [2.45, 2.75) is 44.2 Å². The van der Waals surface area contributed by atoms with Crippen molar-refractivity contribution in [2.75, 3.05) is 13.7 Å². The van der Waals surface area contributed by atoms with Gasteiger partial charge in [0.1, 0.15) is 29.6 Å². The highest BCUT2D eigenvalue weighted by Crippen LogP contribution is 2.24. The third-order valence-electron chi connectivity index (χ3n) is 4.51. The lowest BCUT2D eigenvalue weighted by molar-refractivity contribution is -0.138. The fourth-order valence-corrected chi connectivity index (χ4v) is 2.67. The van der Waals surface area contributed by atoms with E-state index in [0.29, 0.717) is 23.1 Å². The summed E-state index contributed by atoms with van der Waals surface area (Å²) in [6, 6.07) is 13.9. The van der Waals surface area contributed by atoms with Gasteiger partial charge in [-0.2, -0.15) is 0 Å². The minimum absolute atomic E-state index is 0.00463. The molecule has 0 radical (unpaired) electrons. The summed E-state index contributed by atoms with van der Waals surface area (Å²) >= 11 is 0. The van der Waals surface area contributed by atoms with E-state index < -0.39 is 12.0 Å². The second-order valence-electron chi connectivity index (χ2n) is 7.05. The monoisotopic (exact) mass is 431 g/mol. The van der Waals surface area contributed by atoms with Crippen molar-refractivity contribution in [3.05, 3.63) is 54.1 Å². The number of carboxylic acids is 1. The van der Waals surface area contributed by atoms with Gasteiger partial charge in [0.05, 0.1) is 7.11 Å². The average Bonchev–Trinajstić information content (AvgIpc) is 2.80. The van der Waals surface area contributed by atoms with Crippen LogP contribution in [0.1, 0.15) is 42.5 Å². The third-order valence-corrected chi connectivity index (χ3v) is 4.51. The Balaban J connectivity index is 0.000000283.